The van der Waals surface area contributed by atoms with Crippen molar-refractivity contribution in [3.05, 3.63) is 36.4 Å². The van der Waals surface area contributed by atoms with Crippen molar-refractivity contribution in [1.82, 2.24) is 0 Å². The molecule has 0 bridgehead atoms. The molecule has 0 aliphatic carbocycles. The van der Waals surface area contributed by atoms with Crippen LogP contribution in [-0.4, -0.2) is 13.3 Å². The molecular formula is C11H16N2O. The van der Waals surface area contributed by atoms with E-state index in [0.29, 0.717) is 0 Å². The van der Waals surface area contributed by atoms with E-state index in [1.807, 2.05) is 31.3 Å². The summed E-state index contributed by atoms with van der Waals surface area (Å²) in [6.45, 7) is 1.80. The van der Waals surface area contributed by atoms with Crippen molar-refractivity contribution in [1.29, 1.82) is 0 Å². The second-order valence-corrected chi connectivity index (χ2v) is 2.54. The van der Waals surface area contributed by atoms with E-state index in [2.05, 4.69) is 5.32 Å². The highest BCUT2D eigenvalue weighted by atomic mass is 16.1. The Hall–Kier alpha value is -1.77. The average molecular weight is 192 g/mol. The predicted molar refractivity (Wildman–Crippen MR) is 61.3 cm³/mol. The Kier molecular flexibility index (Phi) is 6.86. The average Bonchev–Trinajstić information content (AvgIpc) is 2.20. The standard InChI is InChI=1S/C7H10N2.C4H6O/c1-9-7-4-2-3-6(8)5-7;1-2-3-4-5/h2-5,9H,8H2,1H3;2-4H,1H3/b;3-2+. The summed E-state index contributed by atoms with van der Waals surface area (Å²) in [6.07, 6.45) is 3.88. The van der Waals surface area contributed by atoms with E-state index in [4.69, 9.17) is 5.73 Å². The molecule has 0 radical (unpaired) electrons. The number of aldehydes is 1. The van der Waals surface area contributed by atoms with Crippen molar-refractivity contribution in [2.75, 3.05) is 18.1 Å². The number of nitrogens with two attached hydrogens (primary N) is 1. The zero-order valence-electron chi connectivity index (χ0n) is 8.53. The number of hydrogen-bond acceptors (Lipinski definition) is 3. The molecule has 0 amide bonds. The van der Waals surface area contributed by atoms with Crippen LogP contribution < -0.4 is 11.1 Å². The van der Waals surface area contributed by atoms with Crippen LogP contribution in [0, 0.1) is 0 Å². The second kappa shape index (κ2) is 7.86. The van der Waals surface area contributed by atoms with Crippen molar-refractivity contribution in [3.63, 3.8) is 0 Å². The Bertz CT molecular complexity index is 295. The lowest BCUT2D eigenvalue weighted by atomic mass is 10.3. The summed E-state index contributed by atoms with van der Waals surface area (Å²) in [5.74, 6) is 0. The molecule has 1 aromatic carbocycles. The molecule has 0 saturated carbocycles. The third kappa shape index (κ3) is 5.83. The molecule has 1 rings (SSSR count). The van der Waals surface area contributed by atoms with Gasteiger partial charge in [0.15, 0.2) is 0 Å². The summed E-state index contributed by atoms with van der Waals surface area (Å²) in [4.78, 5) is 9.32. The highest BCUT2D eigenvalue weighted by molar-refractivity contribution is 5.64. The first-order valence-electron chi connectivity index (χ1n) is 4.34. The van der Waals surface area contributed by atoms with Crippen LogP contribution in [0.3, 0.4) is 0 Å². The van der Waals surface area contributed by atoms with E-state index < -0.39 is 0 Å². The fourth-order valence-corrected chi connectivity index (χ4v) is 0.773. The molecule has 0 aromatic heterocycles. The molecule has 1 aromatic rings. The minimum atomic E-state index is 0.750. The fourth-order valence-electron chi connectivity index (χ4n) is 0.773. The summed E-state index contributed by atoms with van der Waals surface area (Å²) < 4.78 is 0. The maximum Gasteiger partial charge on any atom is 0.142 e. The number of allylic oxidation sites excluding steroid dienone is 2. The molecule has 0 atom stereocenters. The van der Waals surface area contributed by atoms with Gasteiger partial charge in [0.25, 0.3) is 0 Å². The minimum Gasteiger partial charge on any atom is -0.399 e. The van der Waals surface area contributed by atoms with E-state index in [0.717, 1.165) is 17.7 Å². The molecule has 76 valence electrons. The van der Waals surface area contributed by atoms with Gasteiger partial charge in [0.05, 0.1) is 0 Å². The first kappa shape index (κ1) is 12.2. The van der Waals surface area contributed by atoms with E-state index in [9.17, 15) is 4.79 Å². The summed E-state index contributed by atoms with van der Waals surface area (Å²) in [7, 11) is 1.87. The van der Waals surface area contributed by atoms with E-state index in [-0.39, 0.29) is 0 Å². The molecule has 3 heteroatoms. The molecule has 3 N–H and O–H groups in total. The van der Waals surface area contributed by atoms with E-state index >= 15 is 0 Å². The third-order valence-corrected chi connectivity index (χ3v) is 1.45. The van der Waals surface area contributed by atoms with Gasteiger partial charge in [0, 0.05) is 18.4 Å². The maximum atomic E-state index is 9.32. The number of benzene rings is 1. The van der Waals surface area contributed by atoms with E-state index in [1.165, 1.54) is 6.08 Å². The van der Waals surface area contributed by atoms with Gasteiger partial charge in [-0.1, -0.05) is 12.1 Å². The number of hydrogen-bond donors (Lipinski definition) is 2. The number of anilines is 2. The lowest BCUT2D eigenvalue weighted by Crippen LogP contribution is -1.89. The Labute approximate surface area is 84.6 Å². The highest BCUT2D eigenvalue weighted by Gasteiger charge is 1.85. The van der Waals surface area contributed by atoms with Crippen LogP contribution >= 0.6 is 0 Å². The van der Waals surface area contributed by atoms with Crippen molar-refractivity contribution < 1.29 is 4.79 Å². The van der Waals surface area contributed by atoms with Crippen LogP contribution in [0.25, 0.3) is 0 Å². The van der Waals surface area contributed by atoms with Crippen LogP contribution in [0.1, 0.15) is 6.92 Å². The zero-order chi connectivity index (χ0) is 10.8. The van der Waals surface area contributed by atoms with Crippen molar-refractivity contribution in [2.45, 2.75) is 6.92 Å². The zero-order valence-corrected chi connectivity index (χ0v) is 8.53. The Morgan fingerprint density at radius 2 is 2.14 bits per heavy atom. The number of carbonyl (C=O) groups excluding carboxylic acids is 1. The summed E-state index contributed by atoms with van der Waals surface area (Å²) >= 11 is 0. The van der Waals surface area contributed by atoms with Crippen LogP contribution in [0.4, 0.5) is 11.4 Å². The highest BCUT2D eigenvalue weighted by Crippen LogP contribution is 2.09. The van der Waals surface area contributed by atoms with Crippen LogP contribution in [0.15, 0.2) is 36.4 Å². The van der Waals surface area contributed by atoms with Gasteiger partial charge < -0.3 is 11.1 Å². The van der Waals surface area contributed by atoms with Gasteiger partial charge >= 0.3 is 0 Å². The Balaban J connectivity index is 0.000000292. The number of carbonyl (C=O) groups is 1. The SMILES string of the molecule is C/C=C/C=O.CNc1cccc(N)c1. The quantitative estimate of drug-likeness (QED) is 0.428. The second-order valence-electron chi connectivity index (χ2n) is 2.54. The molecule has 0 saturated heterocycles. The summed E-state index contributed by atoms with van der Waals surface area (Å²) in [5.41, 5.74) is 7.34. The molecule has 0 spiro atoms. The molecule has 14 heavy (non-hydrogen) atoms. The van der Waals surface area contributed by atoms with Crippen molar-refractivity contribution >= 4 is 17.7 Å². The van der Waals surface area contributed by atoms with Crippen molar-refractivity contribution in [2.24, 2.45) is 0 Å². The van der Waals surface area contributed by atoms with Crippen molar-refractivity contribution in [3.8, 4) is 0 Å². The van der Waals surface area contributed by atoms with Gasteiger partial charge in [-0.3, -0.25) is 4.79 Å². The number of nitrogens with one attached hydrogen (secondary N) is 1. The van der Waals surface area contributed by atoms with Gasteiger partial charge in [-0.05, 0) is 31.2 Å². The largest absolute Gasteiger partial charge is 0.399 e. The van der Waals surface area contributed by atoms with Gasteiger partial charge in [-0.15, -0.1) is 0 Å². The first-order valence-corrected chi connectivity index (χ1v) is 4.34. The monoisotopic (exact) mass is 192 g/mol. The first-order chi connectivity index (χ1) is 6.74. The fraction of sp³-hybridized carbons (Fsp3) is 0.182. The number of nitrogen functional groups attached to an aromatic ring is 1. The molecule has 0 fully saturated rings. The van der Waals surface area contributed by atoms with Crippen LogP contribution in [0.5, 0.6) is 0 Å². The maximum absolute atomic E-state index is 9.32. The van der Waals surface area contributed by atoms with Crippen LogP contribution in [0.2, 0.25) is 0 Å². The molecule has 0 aliphatic rings. The van der Waals surface area contributed by atoms with Gasteiger partial charge in [-0.2, -0.15) is 0 Å². The molecular weight excluding hydrogens is 176 g/mol. The topological polar surface area (TPSA) is 55.1 Å². The lowest BCUT2D eigenvalue weighted by Gasteiger charge is -1.98. The van der Waals surface area contributed by atoms with Gasteiger partial charge in [0.1, 0.15) is 6.29 Å². The number of rotatable bonds is 2. The van der Waals surface area contributed by atoms with Gasteiger partial charge in [-0.25, -0.2) is 0 Å². The predicted octanol–water partition coefficient (Wildman–Crippen LogP) is 2.07. The summed E-state index contributed by atoms with van der Waals surface area (Å²) in [5, 5.41) is 2.99. The summed E-state index contributed by atoms with van der Waals surface area (Å²) in [6, 6.07) is 7.64. The Morgan fingerprint density at radius 3 is 2.43 bits per heavy atom. The smallest absolute Gasteiger partial charge is 0.142 e. The molecule has 0 heterocycles. The van der Waals surface area contributed by atoms with Gasteiger partial charge in [0.2, 0.25) is 0 Å². The molecule has 0 aliphatic heterocycles. The lowest BCUT2D eigenvalue weighted by molar-refractivity contribution is -0.104. The minimum absolute atomic E-state index is 0.750. The van der Waals surface area contributed by atoms with Crippen LogP contribution in [-0.2, 0) is 4.79 Å². The Morgan fingerprint density at radius 1 is 1.43 bits per heavy atom. The van der Waals surface area contributed by atoms with E-state index in [1.54, 1.807) is 13.0 Å². The third-order valence-electron chi connectivity index (χ3n) is 1.45. The normalized spacial score (nSPS) is 9.00. The molecule has 0 unspecified atom stereocenters. The molecule has 3 nitrogen and oxygen atoms in total.